The second-order valence-corrected chi connectivity index (χ2v) is 5.74. The van der Waals surface area contributed by atoms with Gasteiger partial charge in [-0.15, -0.1) is 0 Å². The van der Waals surface area contributed by atoms with Crippen LogP contribution in [0.25, 0.3) is 0 Å². The van der Waals surface area contributed by atoms with Crippen molar-refractivity contribution in [1.82, 2.24) is 10.2 Å². The van der Waals surface area contributed by atoms with E-state index in [2.05, 4.69) is 5.32 Å². The number of nitrogens with one attached hydrogen (secondary N) is 1. The number of rotatable bonds is 6. The summed E-state index contributed by atoms with van der Waals surface area (Å²) in [5.41, 5.74) is 1.21. The number of hydrogen-bond donors (Lipinski definition) is 2. The first-order valence-corrected chi connectivity index (χ1v) is 7.32. The molecule has 1 aliphatic rings. The number of nitrogens with zero attached hydrogens (tertiary/aromatic N) is 1. The minimum Gasteiger partial charge on any atom is -0.481 e. The first-order valence-electron chi connectivity index (χ1n) is 7.32. The van der Waals surface area contributed by atoms with Gasteiger partial charge in [0.25, 0.3) is 0 Å². The van der Waals surface area contributed by atoms with Gasteiger partial charge in [-0.1, -0.05) is 30.3 Å². The number of carbonyl (C=O) groups excluding carboxylic acids is 1. The zero-order valence-electron chi connectivity index (χ0n) is 12.3. The topological polar surface area (TPSA) is 69.6 Å². The fourth-order valence-corrected chi connectivity index (χ4v) is 2.60. The first kappa shape index (κ1) is 15.4. The molecular formula is C16H22N2O3. The lowest BCUT2D eigenvalue weighted by Crippen LogP contribution is -2.49. The summed E-state index contributed by atoms with van der Waals surface area (Å²) in [6.45, 7) is 0.668. The van der Waals surface area contributed by atoms with Crippen molar-refractivity contribution in [3.8, 4) is 0 Å². The molecular weight excluding hydrogens is 268 g/mol. The number of carbonyl (C=O) groups is 2. The maximum absolute atomic E-state index is 12.0. The molecule has 2 rings (SSSR count). The van der Waals surface area contributed by atoms with Gasteiger partial charge in [0.15, 0.2) is 0 Å². The van der Waals surface area contributed by atoms with Crippen LogP contribution in [-0.4, -0.2) is 41.6 Å². The van der Waals surface area contributed by atoms with Crippen molar-refractivity contribution >= 4 is 12.0 Å². The van der Waals surface area contributed by atoms with Crippen LogP contribution in [0.3, 0.4) is 0 Å². The van der Waals surface area contributed by atoms with Gasteiger partial charge in [-0.25, -0.2) is 4.79 Å². The molecule has 0 unspecified atom stereocenters. The Balaban J connectivity index is 1.66. The molecule has 0 spiro atoms. The molecule has 2 N–H and O–H groups in total. The zero-order chi connectivity index (χ0) is 15.2. The molecule has 1 saturated carbocycles. The van der Waals surface area contributed by atoms with E-state index in [4.69, 9.17) is 5.11 Å². The smallest absolute Gasteiger partial charge is 0.317 e. The number of urea groups is 1. The summed E-state index contributed by atoms with van der Waals surface area (Å²) < 4.78 is 0. The Hall–Kier alpha value is -2.04. The van der Waals surface area contributed by atoms with Crippen LogP contribution >= 0.6 is 0 Å². The van der Waals surface area contributed by atoms with Crippen molar-refractivity contribution in [2.45, 2.75) is 31.7 Å². The number of likely N-dealkylation sites (N-methyl/N-ethyl adjacent to an activating group) is 1. The van der Waals surface area contributed by atoms with E-state index in [-0.39, 0.29) is 24.4 Å². The normalized spacial score (nSPS) is 20.4. The average Bonchev–Trinajstić information content (AvgIpc) is 2.43. The average molecular weight is 290 g/mol. The predicted molar refractivity (Wildman–Crippen MR) is 80.1 cm³/mol. The van der Waals surface area contributed by atoms with Gasteiger partial charge in [-0.3, -0.25) is 4.79 Å². The van der Waals surface area contributed by atoms with Crippen LogP contribution in [0.15, 0.2) is 30.3 Å². The third-order valence-electron chi connectivity index (χ3n) is 3.95. The van der Waals surface area contributed by atoms with Crippen molar-refractivity contribution in [3.63, 3.8) is 0 Å². The fraction of sp³-hybridized carbons (Fsp3) is 0.500. The third kappa shape index (κ3) is 4.77. The highest BCUT2D eigenvalue weighted by molar-refractivity contribution is 5.74. The van der Waals surface area contributed by atoms with E-state index >= 15 is 0 Å². The molecule has 0 bridgehead atoms. The summed E-state index contributed by atoms with van der Waals surface area (Å²) in [5.74, 6) is -0.549. The molecule has 0 heterocycles. The summed E-state index contributed by atoms with van der Waals surface area (Å²) in [6, 6.07) is 10.1. The highest BCUT2D eigenvalue weighted by Gasteiger charge is 2.32. The minimum atomic E-state index is -0.759. The summed E-state index contributed by atoms with van der Waals surface area (Å²) in [6.07, 6.45) is 2.57. The lowest BCUT2D eigenvalue weighted by atomic mass is 9.78. The molecule has 2 amide bonds. The maximum atomic E-state index is 12.0. The zero-order valence-corrected chi connectivity index (χ0v) is 12.3. The molecule has 1 aromatic rings. The van der Waals surface area contributed by atoms with Gasteiger partial charge in [-0.2, -0.15) is 0 Å². The van der Waals surface area contributed by atoms with E-state index in [0.717, 1.165) is 19.3 Å². The first-order chi connectivity index (χ1) is 10.0. The molecule has 5 heteroatoms. The van der Waals surface area contributed by atoms with E-state index < -0.39 is 5.97 Å². The van der Waals surface area contributed by atoms with Crippen LogP contribution in [0.4, 0.5) is 4.79 Å². The van der Waals surface area contributed by atoms with E-state index in [1.807, 2.05) is 30.3 Å². The number of carboxylic acid groups (broad SMARTS) is 1. The van der Waals surface area contributed by atoms with Crippen molar-refractivity contribution < 1.29 is 14.7 Å². The molecule has 1 aliphatic carbocycles. The third-order valence-corrected chi connectivity index (χ3v) is 3.95. The number of carboxylic acids is 1. The van der Waals surface area contributed by atoms with Gasteiger partial charge in [0.05, 0.1) is 0 Å². The summed E-state index contributed by atoms with van der Waals surface area (Å²) >= 11 is 0. The Morgan fingerprint density at radius 1 is 1.29 bits per heavy atom. The van der Waals surface area contributed by atoms with Gasteiger partial charge in [-0.05, 0) is 30.7 Å². The number of amides is 2. The molecule has 5 nitrogen and oxygen atoms in total. The lowest BCUT2D eigenvalue weighted by molar-refractivity contribution is -0.138. The Bertz CT molecular complexity index is 484. The Kier molecular flexibility index (Phi) is 5.20. The van der Waals surface area contributed by atoms with Gasteiger partial charge in [0.2, 0.25) is 0 Å². The van der Waals surface area contributed by atoms with Crippen LogP contribution in [-0.2, 0) is 11.2 Å². The van der Waals surface area contributed by atoms with Crippen molar-refractivity contribution in [1.29, 1.82) is 0 Å². The van der Waals surface area contributed by atoms with E-state index in [1.54, 1.807) is 11.9 Å². The molecule has 0 saturated heterocycles. The van der Waals surface area contributed by atoms with E-state index in [9.17, 15) is 9.59 Å². The van der Waals surface area contributed by atoms with Crippen LogP contribution in [0.5, 0.6) is 0 Å². The Labute approximate surface area is 125 Å². The maximum Gasteiger partial charge on any atom is 0.317 e. The predicted octanol–water partition coefficient (Wildman–Crippen LogP) is 2.12. The molecule has 0 aliphatic heterocycles. The SMILES string of the molecule is CN(CCc1ccccc1)C(=O)NC1CC(CC(=O)O)C1. The fourth-order valence-electron chi connectivity index (χ4n) is 2.60. The van der Waals surface area contributed by atoms with Crippen molar-refractivity contribution in [3.05, 3.63) is 35.9 Å². The van der Waals surface area contributed by atoms with Gasteiger partial charge in [0, 0.05) is 26.1 Å². The second kappa shape index (κ2) is 7.11. The molecule has 0 aromatic heterocycles. The summed E-state index contributed by atoms with van der Waals surface area (Å²) in [4.78, 5) is 24.2. The van der Waals surface area contributed by atoms with Gasteiger partial charge < -0.3 is 15.3 Å². The number of benzene rings is 1. The van der Waals surface area contributed by atoms with E-state index in [1.165, 1.54) is 5.56 Å². The molecule has 1 aromatic carbocycles. The van der Waals surface area contributed by atoms with Crippen molar-refractivity contribution in [2.24, 2.45) is 5.92 Å². The van der Waals surface area contributed by atoms with Crippen LogP contribution in [0.1, 0.15) is 24.8 Å². The molecule has 0 radical (unpaired) electrons. The van der Waals surface area contributed by atoms with Gasteiger partial charge >= 0.3 is 12.0 Å². The van der Waals surface area contributed by atoms with Crippen molar-refractivity contribution in [2.75, 3.05) is 13.6 Å². The van der Waals surface area contributed by atoms with Crippen LogP contribution in [0, 0.1) is 5.92 Å². The highest BCUT2D eigenvalue weighted by Crippen LogP contribution is 2.30. The molecule has 21 heavy (non-hydrogen) atoms. The molecule has 114 valence electrons. The quantitative estimate of drug-likeness (QED) is 0.843. The number of aliphatic carboxylic acids is 1. The van der Waals surface area contributed by atoms with Crippen LogP contribution in [0.2, 0.25) is 0 Å². The lowest BCUT2D eigenvalue weighted by Gasteiger charge is -2.36. The van der Waals surface area contributed by atoms with Crippen LogP contribution < -0.4 is 5.32 Å². The Morgan fingerprint density at radius 3 is 2.57 bits per heavy atom. The molecule has 1 fully saturated rings. The Morgan fingerprint density at radius 2 is 1.95 bits per heavy atom. The standard InChI is InChI=1S/C16H22N2O3/c1-18(8-7-12-5-3-2-4-6-12)16(21)17-14-9-13(10-14)11-15(19)20/h2-6,13-14H,7-11H2,1H3,(H,17,21)(H,19,20). The second-order valence-electron chi connectivity index (χ2n) is 5.74. The van der Waals surface area contributed by atoms with Gasteiger partial charge in [0.1, 0.15) is 0 Å². The molecule has 0 atom stereocenters. The minimum absolute atomic E-state index is 0.0790. The monoisotopic (exact) mass is 290 g/mol. The summed E-state index contributed by atoms with van der Waals surface area (Å²) in [5, 5.41) is 11.6. The summed E-state index contributed by atoms with van der Waals surface area (Å²) in [7, 11) is 1.78. The highest BCUT2D eigenvalue weighted by atomic mass is 16.4. The number of hydrogen-bond acceptors (Lipinski definition) is 2. The van der Waals surface area contributed by atoms with E-state index in [0.29, 0.717) is 6.54 Å². The largest absolute Gasteiger partial charge is 0.481 e.